The zero-order valence-electron chi connectivity index (χ0n) is 22.7. The Morgan fingerprint density at radius 2 is 1.56 bits per heavy atom. The molecule has 0 spiro atoms. The van der Waals surface area contributed by atoms with Crippen LogP contribution in [0.3, 0.4) is 0 Å². The van der Waals surface area contributed by atoms with Crippen molar-refractivity contribution in [3.8, 4) is 5.75 Å². The van der Waals surface area contributed by atoms with Gasteiger partial charge in [0.15, 0.2) is 5.11 Å². The molecule has 2 aromatic rings. The Bertz CT molecular complexity index is 916. The van der Waals surface area contributed by atoms with Crippen LogP contribution in [0.1, 0.15) is 104 Å². The number of nitrogens with one attached hydrogen (secondary N) is 2. The average Bonchev–Trinajstić information content (AvgIpc) is 2.81. The molecule has 0 bridgehead atoms. The lowest BCUT2D eigenvalue weighted by molar-refractivity contribution is 0.296. The van der Waals surface area contributed by atoms with Gasteiger partial charge in [0.1, 0.15) is 5.75 Å². The lowest BCUT2D eigenvalue weighted by Crippen LogP contribution is -2.29. The van der Waals surface area contributed by atoms with Gasteiger partial charge in [-0.25, -0.2) is 0 Å². The van der Waals surface area contributed by atoms with Crippen molar-refractivity contribution >= 4 is 23.0 Å². The molecule has 2 N–H and O–H groups in total. The summed E-state index contributed by atoms with van der Waals surface area (Å²) < 4.78 is 6.28. The van der Waals surface area contributed by atoms with Crippen LogP contribution in [0.25, 0.3) is 0 Å². The highest BCUT2D eigenvalue weighted by molar-refractivity contribution is 7.80. The minimum absolute atomic E-state index is 0.0853. The lowest BCUT2D eigenvalue weighted by atomic mass is 9.76. The van der Waals surface area contributed by atoms with Crippen molar-refractivity contribution in [1.29, 1.82) is 0 Å². The number of hydrogen-bond donors (Lipinski definition) is 2. The van der Waals surface area contributed by atoms with Gasteiger partial charge in [-0.2, -0.15) is 0 Å². The Balaban J connectivity index is 1.83. The van der Waals surface area contributed by atoms with E-state index in [9.17, 15) is 0 Å². The van der Waals surface area contributed by atoms with Crippen molar-refractivity contribution in [2.24, 2.45) is 0 Å². The Morgan fingerprint density at radius 1 is 0.912 bits per heavy atom. The van der Waals surface area contributed by atoms with Gasteiger partial charge in [0.05, 0.1) is 6.61 Å². The van der Waals surface area contributed by atoms with E-state index in [1.165, 1.54) is 16.7 Å². The molecule has 0 heterocycles. The normalized spacial score (nSPS) is 12.0. The molecule has 0 saturated heterocycles. The summed E-state index contributed by atoms with van der Waals surface area (Å²) in [6.07, 6.45) is 4.18. The van der Waals surface area contributed by atoms with Gasteiger partial charge in [-0.3, -0.25) is 0 Å². The maximum absolute atomic E-state index is 6.28. The fraction of sp³-hybridized carbons (Fsp3) is 0.567. The molecule has 0 aliphatic heterocycles. The molecule has 0 unspecified atom stereocenters. The highest BCUT2D eigenvalue weighted by Gasteiger charge is 2.26. The highest BCUT2D eigenvalue weighted by atomic mass is 32.1. The Labute approximate surface area is 214 Å². The zero-order chi connectivity index (χ0) is 25.4. The highest BCUT2D eigenvalue weighted by Crippen LogP contribution is 2.38. The molecule has 2 rings (SSSR count). The Hall–Kier alpha value is -2.07. The second-order valence-corrected chi connectivity index (χ2v) is 11.3. The van der Waals surface area contributed by atoms with Gasteiger partial charge in [-0.05, 0) is 84.0 Å². The quantitative estimate of drug-likeness (QED) is 0.235. The summed E-state index contributed by atoms with van der Waals surface area (Å²) in [4.78, 5) is 0. The van der Waals surface area contributed by atoms with Crippen LogP contribution in [-0.2, 0) is 10.8 Å². The molecule has 34 heavy (non-hydrogen) atoms. The number of benzene rings is 2. The van der Waals surface area contributed by atoms with Crippen molar-refractivity contribution in [2.45, 2.75) is 97.8 Å². The fourth-order valence-electron chi connectivity index (χ4n) is 3.74. The van der Waals surface area contributed by atoms with Gasteiger partial charge in [-0.1, -0.05) is 79.7 Å². The number of rotatable bonds is 12. The SMILES string of the molecule is CCC(C)(C)c1ccc(OCCCCNC(=S)Nc2ccc(C(C)C)cc2)c(C(C)(C)CC)c1. The minimum Gasteiger partial charge on any atom is -0.493 e. The van der Waals surface area contributed by atoms with Crippen LogP contribution >= 0.6 is 12.2 Å². The van der Waals surface area contributed by atoms with Gasteiger partial charge in [-0.15, -0.1) is 0 Å². The maximum Gasteiger partial charge on any atom is 0.170 e. The predicted octanol–water partition coefficient (Wildman–Crippen LogP) is 8.33. The Kier molecular flexibility index (Phi) is 10.4. The van der Waals surface area contributed by atoms with Gasteiger partial charge in [0.2, 0.25) is 0 Å². The summed E-state index contributed by atoms with van der Waals surface area (Å²) >= 11 is 5.44. The lowest BCUT2D eigenvalue weighted by Gasteiger charge is -2.30. The molecule has 188 valence electrons. The molecule has 0 aliphatic rings. The van der Waals surface area contributed by atoms with Gasteiger partial charge >= 0.3 is 0 Å². The zero-order valence-corrected chi connectivity index (χ0v) is 23.5. The number of hydrogen-bond acceptors (Lipinski definition) is 2. The monoisotopic (exact) mass is 482 g/mol. The van der Waals surface area contributed by atoms with Crippen LogP contribution in [0.15, 0.2) is 42.5 Å². The first-order valence-electron chi connectivity index (χ1n) is 12.9. The van der Waals surface area contributed by atoms with E-state index in [1.54, 1.807) is 0 Å². The topological polar surface area (TPSA) is 33.3 Å². The second kappa shape index (κ2) is 12.6. The molecule has 0 saturated carbocycles. The average molecular weight is 483 g/mol. The van der Waals surface area contributed by atoms with Crippen LogP contribution < -0.4 is 15.4 Å². The summed E-state index contributed by atoms with van der Waals surface area (Å²) in [5.41, 5.74) is 5.32. The third-order valence-corrected chi connectivity index (χ3v) is 7.45. The summed E-state index contributed by atoms with van der Waals surface area (Å²) in [5.74, 6) is 1.56. The van der Waals surface area contributed by atoms with Crippen LogP contribution in [0.5, 0.6) is 5.75 Å². The van der Waals surface area contributed by atoms with Crippen LogP contribution in [-0.4, -0.2) is 18.3 Å². The second-order valence-electron chi connectivity index (χ2n) is 10.9. The van der Waals surface area contributed by atoms with E-state index >= 15 is 0 Å². The van der Waals surface area contributed by atoms with E-state index in [0.29, 0.717) is 17.6 Å². The van der Waals surface area contributed by atoms with E-state index in [4.69, 9.17) is 17.0 Å². The summed E-state index contributed by atoms with van der Waals surface area (Å²) in [6, 6.07) is 15.3. The van der Waals surface area contributed by atoms with Crippen molar-refractivity contribution in [1.82, 2.24) is 5.32 Å². The number of anilines is 1. The first kappa shape index (κ1) is 28.2. The molecule has 0 radical (unpaired) electrons. The van der Waals surface area contributed by atoms with Crippen LogP contribution in [0, 0.1) is 0 Å². The molecule has 0 fully saturated rings. The standard InChI is InChI=1S/C30H46N2OS/c1-9-29(5,6)24-15-18-27(26(21-24)30(7,8)10-2)33-20-12-11-19-31-28(34)32-25-16-13-23(14-17-25)22(3)4/h13-18,21-22H,9-12,19-20H2,1-8H3,(H2,31,32,34). The Morgan fingerprint density at radius 3 is 2.15 bits per heavy atom. The molecule has 0 aromatic heterocycles. The first-order chi connectivity index (χ1) is 16.0. The number of unbranched alkanes of at least 4 members (excludes halogenated alkanes) is 1. The molecular formula is C30H46N2OS. The van der Waals surface area contributed by atoms with E-state index in [-0.39, 0.29) is 10.8 Å². The van der Waals surface area contributed by atoms with E-state index in [2.05, 4.69) is 108 Å². The summed E-state index contributed by atoms with van der Waals surface area (Å²) in [6.45, 7) is 19.7. The van der Waals surface area contributed by atoms with E-state index in [1.807, 2.05) is 0 Å². The minimum atomic E-state index is 0.0853. The van der Waals surface area contributed by atoms with Crippen LogP contribution in [0.2, 0.25) is 0 Å². The van der Waals surface area contributed by atoms with Crippen molar-refractivity contribution in [3.63, 3.8) is 0 Å². The fourth-order valence-corrected chi connectivity index (χ4v) is 3.96. The number of thiocarbonyl (C=S) groups is 1. The molecule has 3 nitrogen and oxygen atoms in total. The van der Waals surface area contributed by atoms with E-state index in [0.717, 1.165) is 43.7 Å². The molecular weight excluding hydrogens is 436 g/mol. The number of ether oxygens (including phenoxy) is 1. The van der Waals surface area contributed by atoms with Crippen molar-refractivity contribution < 1.29 is 4.74 Å². The summed E-state index contributed by atoms with van der Waals surface area (Å²) in [7, 11) is 0. The molecule has 0 amide bonds. The third kappa shape index (κ3) is 8.01. The largest absolute Gasteiger partial charge is 0.493 e. The van der Waals surface area contributed by atoms with Gasteiger partial charge in [0.25, 0.3) is 0 Å². The maximum atomic E-state index is 6.28. The first-order valence-corrected chi connectivity index (χ1v) is 13.3. The molecule has 4 heteroatoms. The van der Waals surface area contributed by atoms with Gasteiger partial charge < -0.3 is 15.4 Å². The van der Waals surface area contributed by atoms with Crippen LogP contribution in [0.4, 0.5) is 5.69 Å². The predicted molar refractivity (Wildman–Crippen MR) is 153 cm³/mol. The van der Waals surface area contributed by atoms with Crippen molar-refractivity contribution in [3.05, 3.63) is 59.2 Å². The summed E-state index contributed by atoms with van der Waals surface area (Å²) in [5, 5.41) is 7.24. The third-order valence-electron chi connectivity index (χ3n) is 7.21. The smallest absolute Gasteiger partial charge is 0.170 e. The van der Waals surface area contributed by atoms with E-state index < -0.39 is 0 Å². The molecule has 0 atom stereocenters. The molecule has 2 aromatic carbocycles. The molecule has 0 aliphatic carbocycles. The van der Waals surface area contributed by atoms with Crippen molar-refractivity contribution in [2.75, 3.05) is 18.5 Å². The van der Waals surface area contributed by atoms with Gasteiger partial charge in [0, 0.05) is 17.8 Å².